The quantitative estimate of drug-likeness (QED) is 0.765. The van der Waals surface area contributed by atoms with E-state index >= 15 is 0 Å². The number of nitrogens with one attached hydrogen (secondary N) is 1. The van der Waals surface area contributed by atoms with E-state index in [2.05, 4.69) is 24.3 Å². The second-order valence-electron chi connectivity index (χ2n) is 4.80. The maximum atomic E-state index is 12.0. The Hall–Kier alpha value is -1.85. The molecule has 1 atom stereocenters. The van der Waals surface area contributed by atoms with Gasteiger partial charge in [0, 0.05) is 6.20 Å². The molecule has 1 aromatic rings. The number of rotatable bonds is 8. The van der Waals surface area contributed by atoms with E-state index in [1.165, 1.54) is 0 Å². The number of carbonyl (C=O) groups is 2. The molecule has 0 bridgehead atoms. The van der Waals surface area contributed by atoms with E-state index in [0.717, 1.165) is 12.8 Å². The Kier molecular flexibility index (Phi) is 6.21. The summed E-state index contributed by atoms with van der Waals surface area (Å²) in [6.45, 7) is 6.01. The maximum Gasteiger partial charge on any atom is 0.326 e. The van der Waals surface area contributed by atoms with E-state index < -0.39 is 17.9 Å². The molecule has 2 N–H and O–H groups in total. The minimum Gasteiger partial charge on any atom is -0.480 e. The van der Waals surface area contributed by atoms with Crippen molar-refractivity contribution >= 4 is 11.9 Å². The first-order valence-electron chi connectivity index (χ1n) is 7.12. The Labute approximate surface area is 119 Å². The van der Waals surface area contributed by atoms with E-state index in [9.17, 15) is 9.59 Å². The molecule has 1 aromatic heterocycles. The Balaban J connectivity index is 2.75. The summed E-state index contributed by atoms with van der Waals surface area (Å²) >= 11 is 0. The van der Waals surface area contributed by atoms with Crippen LogP contribution in [0.15, 0.2) is 12.3 Å². The normalized spacial score (nSPS) is 12.4. The standard InChI is InChI=1S/C14H23N3O3/c1-4-7-12(14(19)20)15-13(18)11-8-9-17(16-11)10(5-2)6-3/h8-10,12H,4-7H2,1-3H3,(H,15,18)(H,19,20). The maximum absolute atomic E-state index is 12.0. The van der Waals surface area contributed by atoms with Crippen LogP contribution in [0, 0.1) is 0 Å². The predicted molar refractivity (Wildman–Crippen MR) is 75.6 cm³/mol. The number of nitrogens with zero attached hydrogens (tertiary/aromatic N) is 2. The van der Waals surface area contributed by atoms with E-state index in [-0.39, 0.29) is 11.7 Å². The van der Waals surface area contributed by atoms with Gasteiger partial charge in [0.25, 0.3) is 5.91 Å². The highest BCUT2D eigenvalue weighted by Gasteiger charge is 2.21. The molecule has 0 radical (unpaired) electrons. The summed E-state index contributed by atoms with van der Waals surface area (Å²) < 4.78 is 1.77. The lowest BCUT2D eigenvalue weighted by Gasteiger charge is -2.13. The SMILES string of the molecule is CCCC(NC(=O)c1ccn(C(CC)CC)n1)C(=O)O. The van der Waals surface area contributed by atoms with Crippen molar-refractivity contribution in [2.45, 2.75) is 58.5 Å². The van der Waals surface area contributed by atoms with Crippen LogP contribution in [0.4, 0.5) is 0 Å². The molecule has 1 unspecified atom stereocenters. The van der Waals surface area contributed by atoms with Gasteiger partial charge in [-0.1, -0.05) is 27.2 Å². The Morgan fingerprint density at radius 2 is 2.00 bits per heavy atom. The first kappa shape index (κ1) is 16.2. The zero-order chi connectivity index (χ0) is 15.1. The molecule has 0 aromatic carbocycles. The summed E-state index contributed by atoms with van der Waals surface area (Å²) in [5, 5.41) is 15.8. The molecule has 112 valence electrons. The number of carboxylic acids is 1. The summed E-state index contributed by atoms with van der Waals surface area (Å²) in [7, 11) is 0. The molecule has 1 heterocycles. The van der Waals surface area contributed by atoms with E-state index in [4.69, 9.17) is 5.11 Å². The molecule has 0 spiro atoms. The Morgan fingerprint density at radius 1 is 1.35 bits per heavy atom. The fraction of sp³-hybridized carbons (Fsp3) is 0.643. The molecule has 6 heteroatoms. The van der Waals surface area contributed by atoms with Gasteiger partial charge in [-0.05, 0) is 25.3 Å². The van der Waals surface area contributed by atoms with Crippen molar-refractivity contribution in [3.05, 3.63) is 18.0 Å². The van der Waals surface area contributed by atoms with Crippen molar-refractivity contribution in [1.29, 1.82) is 0 Å². The van der Waals surface area contributed by atoms with Crippen molar-refractivity contribution in [3.8, 4) is 0 Å². The number of amides is 1. The largest absolute Gasteiger partial charge is 0.480 e. The zero-order valence-corrected chi connectivity index (χ0v) is 12.3. The van der Waals surface area contributed by atoms with Crippen molar-refractivity contribution in [1.82, 2.24) is 15.1 Å². The van der Waals surface area contributed by atoms with Crippen LogP contribution in [0.1, 0.15) is 63.0 Å². The van der Waals surface area contributed by atoms with Crippen LogP contribution in [-0.4, -0.2) is 32.8 Å². The van der Waals surface area contributed by atoms with Crippen LogP contribution in [0.25, 0.3) is 0 Å². The highest BCUT2D eigenvalue weighted by atomic mass is 16.4. The summed E-state index contributed by atoms with van der Waals surface area (Å²) in [4.78, 5) is 23.0. The molecular weight excluding hydrogens is 258 g/mol. The summed E-state index contributed by atoms with van der Waals surface area (Å²) in [5.41, 5.74) is 0.263. The molecule has 0 fully saturated rings. The van der Waals surface area contributed by atoms with Gasteiger partial charge < -0.3 is 10.4 Å². The van der Waals surface area contributed by atoms with E-state index in [0.29, 0.717) is 12.8 Å². The molecule has 0 aliphatic rings. The van der Waals surface area contributed by atoms with Gasteiger partial charge in [-0.25, -0.2) is 4.79 Å². The monoisotopic (exact) mass is 281 g/mol. The smallest absolute Gasteiger partial charge is 0.326 e. The fourth-order valence-corrected chi connectivity index (χ4v) is 2.10. The summed E-state index contributed by atoms with van der Waals surface area (Å²) in [6, 6.07) is 1.03. The molecule has 0 saturated heterocycles. The van der Waals surface area contributed by atoms with Crippen LogP contribution >= 0.6 is 0 Å². The first-order valence-corrected chi connectivity index (χ1v) is 7.12. The van der Waals surface area contributed by atoms with Gasteiger partial charge >= 0.3 is 5.97 Å². The van der Waals surface area contributed by atoms with Gasteiger partial charge in [0.15, 0.2) is 0 Å². The molecule has 1 amide bonds. The van der Waals surface area contributed by atoms with Crippen molar-refractivity contribution < 1.29 is 14.7 Å². The number of aromatic nitrogens is 2. The highest BCUT2D eigenvalue weighted by Crippen LogP contribution is 2.14. The molecule has 0 saturated carbocycles. The molecule has 0 aliphatic carbocycles. The zero-order valence-electron chi connectivity index (χ0n) is 12.3. The van der Waals surface area contributed by atoms with Crippen molar-refractivity contribution in [2.24, 2.45) is 0 Å². The number of carboxylic acid groups (broad SMARTS) is 1. The molecule has 20 heavy (non-hydrogen) atoms. The number of hydrogen-bond donors (Lipinski definition) is 2. The van der Waals surface area contributed by atoms with Crippen molar-refractivity contribution in [2.75, 3.05) is 0 Å². The average Bonchev–Trinajstić information content (AvgIpc) is 2.89. The molecule has 6 nitrogen and oxygen atoms in total. The second kappa shape index (κ2) is 7.67. The van der Waals surface area contributed by atoms with Crippen LogP contribution in [-0.2, 0) is 4.79 Å². The third-order valence-electron chi connectivity index (χ3n) is 3.34. The van der Waals surface area contributed by atoms with Crippen molar-refractivity contribution in [3.63, 3.8) is 0 Å². The second-order valence-corrected chi connectivity index (χ2v) is 4.80. The predicted octanol–water partition coefficient (Wildman–Crippen LogP) is 2.23. The van der Waals surface area contributed by atoms with Gasteiger partial charge in [0.05, 0.1) is 6.04 Å². The minimum absolute atomic E-state index is 0.263. The third kappa shape index (κ3) is 4.08. The number of hydrogen-bond acceptors (Lipinski definition) is 3. The van der Waals surface area contributed by atoms with Gasteiger partial charge in [-0.3, -0.25) is 9.48 Å². The lowest BCUT2D eigenvalue weighted by Crippen LogP contribution is -2.40. The summed E-state index contributed by atoms with van der Waals surface area (Å²) in [5.74, 6) is -1.45. The van der Waals surface area contributed by atoms with Crippen LogP contribution in [0.3, 0.4) is 0 Å². The lowest BCUT2D eigenvalue weighted by atomic mass is 10.1. The molecule has 1 rings (SSSR count). The molecule has 0 aliphatic heterocycles. The first-order chi connectivity index (χ1) is 9.53. The van der Waals surface area contributed by atoms with Gasteiger partial charge in [-0.15, -0.1) is 0 Å². The van der Waals surface area contributed by atoms with Crippen LogP contribution < -0.4 is 5.32 Å². The molecular formula is C14H23N3O3. The van der Waals surface area contributed by atoms with E-state index in [1.54, 1.807) is 16.9 Å². The Morgan fingerprint density at radius 3 is 2.50 bits per heavy atom. The lowest BCUT2D eigenvalue weighted by molar-refractivity contribution is -0.139. The van der Waals surface area contributed by atoms with E-state index in [1.807, 2.05) is 6.92 Å². The van der Waals surface area contributed by atoms with Gasteiger partial charge in [0.2, 0.25) is 0 Å². The summed E-state index contributed by atoms with van der Waals surface area (Å²) in [6.07, 6.45) is 4.75. The van der Waals surface area contributed by atoms with Gasteiger partial charge in [0.1, 0.15) is 11.7 Å². The van der Waals surface area contributed by atoms with Crippen LogP contribution in [0.5, 0.6) is 0 Å². The minimum atomic E-state index is -1.01. The topological polar surface area (TPSA) is 84.2 Å². The fourth-order valence-electron chi connectivity index (χ4n) is 2.10. The Bertz CT molecular complexity index is 452. The van der Waals surface area contributed by atoms with Gasteiger partial charge in [-0.2, -0.15) is 5.10 Å². The van der Waals surface area contributed by atoms with Crippen LogP contribution in [0.2, 0.25) is 0 Å². The highest BCUT2D eigenvalue weighted by molar-refractivity contribution is 5.94. The average molecular weight is 281 g/mol. The number of carbonyl (C=O) groups excluding carboxylic acids is 1. The third-order valence-corrected chi connectivity index (χ3v) is 3.34. The number of aliphatic carboxylic acids is 1.